The van der Waals surface area contributed by atoms with Crippen molar-refractivity contribution in [2.45, 2.75) is 32.5 Å². The van der Waals surface area contributed by atoms with Gasteiger partial charge in [0.15, 0.2) is 0 Å². The number of nitrogens with two attached hydrogens (primary N) is 1. The molecule has 0 aromatic rings. The molecule has 3 N–H and O–H groups in total. The summed E-state index contributed by atoms with van der Waals surface area (Å²) < 4.78 is 10.7. The van der Waals surface area contributed by atoms with E-state index in [1.807, 2.05) is 6.92 Å². The fourth-order valence-electron chi connectivity index (χ4n) is 1.15. The minimum absolute atomic E-state index is 0.0804. The van der Waals surface area contributed by atoms with Crippen LogP contribution >= 0.6 is 0 Å². The molecule has 0 aliphatic rings. The van der Waals surface area contributed by atoms with Crippen LogP contribution in [0.15, 0.2) is 0 Å². The summed E-state index contributed by atoms with van der Waals surface area (Å²) in [5.74, 6) is 0. The third-order valence-electron chi connectivity index (χ3n) is 1.69. The maximum atomic E-state index is 5.62. The summed E-state index contributed by atoms with van der Waals surface area (Å²) in [5.41, 5.74) is 5.62. The first-order valence-electron chi connectivity index (χ1n) is 4.23. The predicted octanol–water partition coefficient (Wildman–Crippen LogP) is 0.522. The third-order valence-corrected chi connectivity index (χ3v) is 5.06. The van der Waals surface area contributed by atoms with Crippen molar-refractivity contribution in [3.05, 3.63) is 0 Å². The Kier molecular flexibility index (Phi) is 5.69. The van der Waals surface area contributed by atoms with Gasteiger partial charge in [0.1, 0.15) is 0 Å². The van der Waals surface area contributed by atoms with Crippen molar-refractivity contribution >= 4 is 8.72 Å². The number of hydrogen-bond acceptors (Lipinski definition) is 4. The Balaban J connectivity index is 4.13. The molecule has 0 heterocycles. The lowest BCUT2D eigenvalue weighted by Gasteiger charge is -2.29. The Labute approximate surface area is 75.8 Å². The lowest BCUT2D eigenvalue weighted by atomic mass is 10.6. The molecule has 4 nitrogen and oxygen atoms in total. The van der Waals surface area contributed by atoms with Gasteiger partial charge >= 0.3 is 8.72 Å². The van der Waals surface area contributed by atoms with Gasteiger partial charge in [-0.25, -0.2) is 0 Å². The Bertz CT molecular complexity index is 118. The minimum Gasteiger partial charge on any atom is -0.386 e. The number of rotatable bonds is 6. The summed E-state index contributed by atoms with van der Waals surface area (Å²) in [6, 6.07) is 0.918. The molecule has 74 valence electrons. The van der Waals surface area contributed by atoms with E-state index in [4.69, 9.17) is 14.6 Å². The molecule has 0 aliphatic carbocycles. The quantitative estimate of drug-likeness (QED) is 0.476. The van der Waals surface area contributed by atoms with Crippen LogP contribution in [0, 0.1) is 0 Å². The van der Waals surface area contributed by atoms with Gasteiger partial charge in [-0.2, -0.15) is 0 Å². The van der Waals surface area contributed by atoms with Crippen molar-refractivity contribution in [2.75, 3.05) is 14.2 Å². The largest absolute Gasteiger partial charge is 0.425 e. The average Bonchev–Trinajstić information content (AvgIpc) is 2.03. The highest BCUT2D eigenvalue weighted by molar-refractivity contribution is 6.64. The van der Waals surface area contributed by atoms with Crippen molar-refractivity contribution in [3.63, 3.8) is 0 Å². The van der Waals surface area contributed by atoms with Crippen molar-refractivity contribution in [1.29, 1.82) is 0 Å². The van der Waals surface area contributed by atoms with E-state index < -0.39 is 8.72 Å². The Morgan fingerprint density at radius 3 is 2.17 bits per heavy atom. The highest BCUT2D eigenvalue weighted by Gasteiger charge is 2.35. The molecule has 0 aromatic heterocycles. The third kappa shape index (κ3) is 3.64. The first-order valence-corrected chi connectivity index (χ1v) is 6.26. The van der Waals surface area contributed by atoms with E-state index in [0.717, 1.165) is 12.5 Å². The summed E-state index contributed by atoms with van der Waals surface area (Å²) in [6.07, 6.45) is 0.955. The van der Waals surface area contributed by atoms with Crippen molar-refractivity contribution in [3.8, 4) is 0 Å². The standard InChI is InChI=1S/C7H20N2O2Si/c1-5-6-12(10-3,11-4)9-7(2)8/h7,9H,5-6,8H2,1-4H3. The second-order valence-corrected chi connectivity index (χ2v) is 5.96. The van der Waals surface area contributed by atoms with Crippen LogP contribution in [-0.4, -0.2) is 29.1 Å². The van der Waals surface area contributed by atoms with Gasteiger partial charge in [-0.1, -0.05) is 13.3 Å². The van der Waals surface area contributed by atoms with Crippen molar-refractivity contribution < 1.29 is 8.85 Å². The van der Waals surface area contributed by atoms with Gasteiger partial charge in [-0.3, -0.25) is 4.98 Å². The summed E-state index contributed by atoms with van der Waals surface area (Å²) in [7, 11) is 1.15. The van der Waals surface area contributed by atoms with Gasteiger partial charge < -0.3 is 14.6 Å². The van der Waals surface area contributed by atoms with Crippen LogP contribution in [0.25, 0.3) is 0 Å². The van der Waals surface area contributed by atoms with Crippen LogP contribution < -0.4 is 10.7 Å². The number of hydrogen-bond donors (Lipinski definition) is 2. The van der Waals surface area contributed by atoms with E-state index in [1.54, 1.807) is 14.2 Å². The average molecular weight is 192 g/mol. The lowest BCUT2D eigenvalue weighted by Crippen LogP contribution is -2.60. The van der Waals surface area contributed by atoms with Gasteiger partial charge in [0.25, 0.3) is 0 Å². The molecule has 0 radical (unpaired) electrons. The molecule has 1 atom stereocenters. The van der Waals surface area contributed by atoms with Crippen LogP contribution in [0.3, 0.4) is 0 Å². The second-order valence-electron chi connectivity index (χ2n) is 2.84. The van der Waals surface area contributed by atoms with Crippen LogP contribution in [0.4, 0.5) is 0 Å². The first-order chi connectivity index (χ1) is 5.60. The highest BCUT2D eigenvalue weighted by Crippen LogP contribution is 2.10. The SMILES string of the molecule is CCC[Si](NC(C)N)(OC)OC. The molecule has 5 heteroatoms. The molecule has 0 fully saturated rings. The van der Waals surface area contributed by atoms with Gasteiger partial charge in [0.05, 0.1) is 0 Å². The van der Waals surface area contributed by atoms with E-state index in [-0.39, 0.29) is 6.17 Å². The number of nitrogens with one attached hydrogen (secondary N) is 1. The minimum atomic E-state index is -2.18. The van der Waals surface area contributed by atoms with E-state index in [0.29, 0.717) is 0 Å². The molecule has 0 aliphatic heterocycles. The molecule has 0 saturated heterocycles. The molecule has 0 spiro atoms. The zero-order valence-electron chi connectivity index (χ0n) is 8.39. The molecule has 1 unspecified atom stereocenters. The molecular weight excluding hydrogens is 172 g/mol. The Morgan fingerprint density at radius 2 is 1.92 bits per heavy atom. The molecule has 12 heavy (non-hydrogen) atoms. The maximum Gasteiger partial charge on any atom is 0.425 e. The first kappa shape index (κ1) is 12.1. The fraction of sp³-hybridized carbons (Fsp3) is 1.00. The molecule has 0 rings (SSSR count). The Morgan fingerprint density at radius 1 is 1.42 bits per heavy atom. The summed E-state index contributed by atoms with van der Waals surface area (Å²) in [5, 5.41) is 0. The topological polar surface area (TPSA) is 56.5 Å². The summed E-state index contributed by atoms with van der Waals surface area (Å²) in [4.78, 5) is 3.17. The maximum absolute atomic E-state index is 5.62. The zero-order chi connectivity index (χ0) is 9.61. The smallest absolute Gasteiger partial charge is 0.386 e. The van der Waals surface area contributed by atoms with E-state index >= 15 is 0 Å². The van der Waals surface area contributed by atoms with E-state index in [1.165, 1.54) is 0 Å². The summed E-state index contributed by atoms with van der Waals surface area (Å²) in [6.45, 7) is 3.98. The van der Waals surface area contributed by atoms with Crippen molar-refractivity contribution in [1.82, 2.24) is 4.98 Å². The normalized spacial score (nSPS) is 14.8. The van der Waals surface area contributed by atoms with Crippen LogP contribution in [-0.2, 0) is 8.85 Å². The molecule has 0 saturated carbocycles. The molecule has 0 bridgehead atoms. The zero-order valence-corrected chi connectivity index (χ0v) is 9.39. The highest BCUT2D eigenvalue weighted by atomic mass is 28.4. The van der Waals surface area contributed by atoms with Crippen LogP contribution in [0.2, 0.25) is 6.04 Å². The van der Waals surface area contributed by atoms with Gasteiger partial charge in [0.2, 0.25) is 0 Å². The van der Waals surface area contributed by atoms with Gasteiger partial charge in [-0.05, 0) is 6.92 Å². The van der Waals surface area contributed by atoms with Crippen molar-refractivity contribution in [2.24, 2.45) is 5.73 Å². The summed E-state index contributed by atoms with van der Waals surface area (Å²) >= 11 is 0. The molecular formula is C7H20N2O2Si. The van der Waals surface area contributed by atoms with Crippen LogP contribution in [0.5, 0.6) is 0 Å². The van der Waals surface area contributed by atoms with Crippen LogP contribution in [0.1, 0.15) is 20.3 Å². The lowest BCUT2D eigenvalue weighted by molar-refractivity contribution is 0.222. The van der Waals surface area contributed by atoms with Gasteiger partial charge in [-0.15, -0.1) is 0 Å². The monoisotopic (exact) mass is 192 g/mol. The molecule has 0 amide bonds. The van der Waals surface area contributed by atoms with Gasteiger partial charge in [0, 0.05) is 26.4 Å². The Hall–Kier alpha value is 0.0569. The predicted molar refractivity (Wildman–Crippen MR) is 51.7 cm³/mol. The fourth-order valence-corrected chi connectivity index (χ4v) is 3.46. The van der Waals surface area contributed by atoms with E-state index in [2.05, 4.69) is 11.9 Å². The van der Waals surface area contributed by atoms with E-state index in [9.17, 15) is 0 Å². The second kappa shape index (κ2) is 5.66. The molecule has 0 aromatic carbocycles.